The molecule has 0 bridgehead atoms. The van der Waals surface area contributed by atoms with Gasteiger partial charge in [0, 0.05) is 12.3 Å². The summed E-state index contributed by atoms with van der Waals surface area (Å²) in [5, 5.41) is 4.35. The Morgan fingerprint density at radius 3 is 2.93 bits per heavy atom. The van der Waals surface area contributed by atoms with E-state index in [1.807, 2.05) is 18.5 Å². The zero-order valence-corrected chi connectivity index (χ0v) is 9.19. The third-order valence-corrected chi connectivity index (χ3v) is 2.96. The summed E-state index contributed by atoms with van der Waals surface area (Å²) in [6.07, 6.45) is 3.37. The molecule has 1 fully saturated rings. The van der Waals surface area contributed by atoms with Crippen molar-refractivity contribution in [3.8, 4) is 0 Å². The van der Waals surface area contributed by atoms with Crippen LogP contribution in [0.1, 0.15) is 34.6 Å². The second kappa shape index (κ2) is 4.14. The Labute approximate surface area is 89.2 Å². The van der Waals surface area contributed by atoms with Crippen LogP contribution < -0.4 is 0 Å². The number of hydrogen-bond acceptors (Lipinski definition) is 3. The van der Waals surface area contributed by atoms with E-state index in [1.54, 1.807) is 0 Å². The minimum atomic E-state index is 0.266. The summed E-state index contributed by atoms with van der Waals surface area (Å²) >= 11 is 0. The van der Waals surface area contributed by atoms with Crippen LogP contribution in [0.3, 0.4) is 0 Å². The van der Waals surface area contributed by atoms with E-state index in [0.717, 1.165) is 43.7 Å². The Kier molecular flexibility index (Phi) is 2.86. The number of nitrogens with zero attached hydrogens (tertiary/aromatic N) is 2. The number of hydrogen-bond donors (Lipinski definition) is 0. The van der Waals surface area contributed by atoms with E-state index in [9.17, 15) is 4.79 Å². The quantitative estimate of drug-likeness (QED) is 0.707. The molecule has 1 aromatic rings. The summed E-state index contributed by atoms with van der Waals surface area (Å²) in [5.74, 6) is 0. The van der Waals surface area contributed by atoms with Crippen molar-refractivity contribution < 1.29 is 9.53 Å². The molecule has 2 rings (SSSR count). The monoisotopic (exact) mass is 208 g/mol. The molecular formula is C11H16N2O2. The molecule has 1 unspecified atom stereocenters. The van der Waals surface area contributed by atoms with Gasteiger partial charge in [0.25, 0.3) is 0 Å². The van der Waals surface area contributed by atoms with Crippen molar-refractivity contribution in [2.24, 2.45) is 0 Å². The Morgan fingerprint density at radius 1 is 1.60 bits per heavy atom. The predicted molar refractivity (Wildman–Crippen MR) is 56.1 cm³/mol. The molecule has 1 aliphatic heterocycles. The minimum absolute atomic E-state index is 0.266. The number of ether oxygens (including phenoxy) is 1. The number of aromatic nitrogens is 2. The van der Waals surface area contributed by atoms with Gasteiger partial charge in [-0.15, -0.1) is 0 Å². The van der Waals surface area contributed by atoms with Crippen LogP contribution in [-0.2, 0) is 11.3 Å². The van der Waals surface area contributed by atoms with Gasteiger partial charge in [-0.1, -0.05) is 0 Å². The fourth-order valence-electron chi connectivity index (χ4n) is 2.04. The summed E-state index contributed by atoms with van der Waals surface area (Å²) in [7, 11) is 0. The fraction of sp³-hybridized carbons (Fsp3) is 0.636. The molecule has 0 radical (unpaired) electrons. The van der Waals surface area contributed by atoms with E-state index in [-0.39, 0.29) is 6.10 Å². The second-order valence-electron chi connectivity index (χ2n) is 4.02. The highest BCUT2D eigenvalue weighted by molar-refractivity contribution is 5.77. The topological polar surface area (TPSA) is 44.1 Å². The Hall–Kier alpha value is -1.16. The molecule has 2 heterocycles. The normalized spacial score (nSPS) is 20.8. The lowest BCUT2D eigenvalue weighted by atomic mass is 10.2. The predicted octanol–water partition coefficient (Wildman–Crippen LogP) is 1.49. The third kappa shape index (κ3) is 1.95. The van der Waals surface area contributed by atoms with E-state index in [1.165, 1.54) is 0 Å². The SMILES string of the molecule is Cc1nn(CC2CCCO2)c(C)c1C=O. The van der Waals surface area contributed by atoms with Gasteiger partial charge in [0.2, 0.25) is 0 Å². The zero-order valence-electron chi connectivity index (χ0n) is 9.19. The van der Waals surface area contributed by atoms with Gasteiger partial charge in [-0.3, -0.25) is 9.48 Å². The van der Waals surface area contributed by atoms with Crippen LogP contribution in [0, 0.1) is 13.8 Å². The fourth-order valence-corrected chi connectivity index (χ4v) is 2.04. The van der Waals surface area contributed by atoms with Crippen LogP contribution in [0.2, 0.25) is 0 Å². The van der Waals surface area contributed by atoms with Gasteiger partial charge in [-0.25, -0.2) is 0 Å². The van der Waals surface area contributed by atoms with Gasteiger partial charge in [-0.05, 0) is 26.7 Å². The molecule has 0 N–H and O–H groups in total. The lowest BCUT2D eigenvalue weighted by molar-refractivity contribution is 0.0933. The molecule has 15 heavy (non-hydrogen) atoms. The van der Waals surface area contributed by atoms with Crippen LogP contribution in [0.15, 0.2) is 0 Å². The lowest BCUT2D eigenvalue weighted by Crippen LogP contribution is -2.17. The van der Waals surface area contributed by atoms with Gasteiger partial charge in [0.1, 0.15) is 0 Å². The van der Waals surface area contributed by atoms with Gasteiger partial charge >= 0.3 is 0 Å². The molecule has 0 spiro atoms. The molecule has 4 heteroatoms. The number of carbonyl (C=O) groups is 1. The molecule has 1 saturated heterocycles. The number of aldehydes is 1. The van der Waals surface area contributed by atoms with Gasteiger partial charge in [0.15, 0.2) is 6.29 Å². The largest absolute Gasteiger partial charge is 0.376 e. The molecule has 0 saturated carbocycles. The molecule has 0 aliphatic carbocycles. The zero-order chi connectivity index (χ0) is 10.8. The highest BCUT2D eigenvalue weighted by Crippen LogP contribution is 2.17. The van der Waals surface area contributed by atoms with E-state index in [4.69, 9.17) is 4.74 Å². The molecule has 82 valence electrons. The minimum Gasteiger partial charge on any atom is -0.376 e. The van der Waals surface area contributed by atoms with Crippen molar-refractivity contribution in [3.05, 3.63) is 17.0 Å². The Balaban J connectivity index is 2.17. The van der Waals surface area contributed by atoms with Gasteiger partial charge in [0.05, 0.1) is 23.9 Å². The van der Waals surface area contributed by atoms with Gasteiger partial charge < -0.3 is 4.74 Å². The standard InChI is InChI=1S/C11H16N2O2/c1-8-11(7-14)9(2)13(12-8)6-10-4-3-5-15-10/h7,10H,3-6H2,1-2H3. The number of aryl methyl sites for hydroxylation is 1. The molecule has 0 aromatic carbocycles. The summed E-state index contributed by atoms with van der Waals surface area (Å²) < 4.78 is 7.43. The van der Waals surface area contributed by atoms with E-state index >= 15 is 0 Å². The first kappa shape index (κ1) is 10.4. The van der Waals surface area contributed by atoms with Crippen LogP contribution in [0.25, 0.3) is 0 Å². The highest BCUT2D eigenvalue weighted by Gasteiger charge is 2.19. The summed E-state index contributed by atoms with van der Waals surface area (Å²) in [6, 6.07) is 0. The maximum absolute atomic E-state index is 10.8. The van der Waals surface area contributed by atoms with E-state index in [0.29, 0.717) is 5.56 Å². The van der Waals surface area contributed by atoms with E-state index < -0.39 is 0 Å². The average molecular weight is 208 g/mol. The maximum atomic E-state index is 10.8. The second-order valence-corrected chi connectivity index (χ2v) is 4.02. The van der Waals surface area contributed by atoms with Crippen LogP contribution in [-0.4, -0.2) is 28.8 Å². The van der Waals surface area contributed by atoms with Crippen LogP contribution in [0.4, 0.5) is 0 Å². The van der Waals surface area contributed by atoms with Crippen molar-refractivity contribution in [2.45, 2.75) is 39.3 Å². The molecule has 1 atom stereocenters. The lowest BCUT2D eigenvalue weighted by Gasteiger charge is -2.10. The van der Waals surface area contributed by atoms with Crippen molar-refractivity contribution in [1.29, 1.82) is 0 Å². The third-order valence-electron chi connectivity index (χ3n) is 2.96. The van der Waals surface area contributed by atoms with Crippen molar-refractivity contribution >= 4 is 6.29 Å². The highest BCUT2D eigenvalue weighted by atomic mass is 16.5. The summed E-state index contributed by atoms with van der Waals surface area (Å²) in [6.45, 7) is 5.41. The first-order chi connectivity index (χ1) is 7.22. The Morgan fingerprint density at radius 2 is 2.40 bits per heavy atom. The molecule has 4 nitrogen and oxygen atoms in total. The molecule has 0 amide bonds. The van der Waals surface area contributed by atoms with Crippen LogP contribution in [0.5, 0.6) is 0 Å². The molecule has 1 aliphatic rings. The maximum Gasteiger partial charge on any atom is 0.153 e. The van der Waals surface area contributed by atoms with Crippen molar-refractivity contribution in [3.63, 3.8) is 0 Å². The van der Waals surface area contributed by atoms with Crippen LogP contribution >= 0.6 is 0 Å². The smallest absolute Gasteiger partial charge is 0.153 e. The first-order valence-corrected chi connectivity index (χ1v) is 5.33. The molecule has 1 aromatic heterocycles. The summed E-state index contributed by atoms with van der Waals surface area (Å²) in [4.78, 5) is 10.8. The van der Waals surface area contributed by atoms with Crippen molar-refractivity contribution in [1.82, 2.24) is 9.78 Å². The first-order valence-electron chi connectivity index (χ1n) is 5.33. The number of rotatable bonds is 3. The average Bonchev–Trinajstić information content (AvgIpc) is 2.78. The summed E-state index contributed by atoms with van der Waals surface area (Å²) in [5.41, 5.74) is 2.46. The van der Waals surface area contributed by atoms with E-state index in [2.05, 4.69) is 5.10 Å². The Bertz CT molecular complexity index is 365. The molecular weight excluding hydrogens is 192 g/mol. The number of carbonyl (C=O) groups excluding carboxylic acids is 1. The van der Waals surface area contributed by atoms with Gasteiger partial charge in [-0.2, -0.15) is 5.10 Å². The van der Waals surface area contributed by atoms with Crippen molar-refractivity contribution in [2.75, 3.05) is 6.61 Å².